The molecule has 2 aromatic carbocycles. The molecule has 1 aliphatic rings. The molecule has 1 aromatic heterocycles. The summed E-state index contributed by atoms with van der Waals surface area (Å²) in [5, 5.41) is 0. The Kier molecular flexibility index (Phi) is 6.22. The summed E-state index contributed by atoms with van der Waals surface area (Å²) in [4.78, 5) is 24.6. The molecule has 3 aromatic rings. The van der Waals surface area contributed by atoms with Gasteiger partial charge in [0.2, 0.25) is 5.95 Å². The van der Waals surface area contributed by atoms with Crippen molar-refractivity contribution in [1.82, 2.24) is 14.9 Å². The monoisotopic (exact) mass is 453 g/mol. The van der Waals surface area contributed by atoms with Crippen LogP contribution in [0.1, 0.15) is 10.4 Å². The first-order chi connectivity index (χ1) is 15.5. The van der Waals surface area contributed by atoms with Gasteiger partial charge < -0.3 is 14.5 Å². The van der Waals surface area contributed by atoms with Gasteiger partial charge in [-0.05, 0) is 54.6 Å². The molecule has 1 amide bonds. The van der Waals surface area contributed by atoms with Gasteiger partial charge in [0.05, 0.1) is 12.0 Å². The maximum absolute atomic E-state index is 12.7. The first-order valence-electron chi connectivity index (χ1n) is 10.0. The van der Waals surface area contributed by atoms with E-state index >= 15 is 0 Å². The molecule has 0 bridgehead atoms. The van der Waals surface area contributed by atoms with Crippen molar-refractivity contribution in [1.29, 1.82) is 0 Å². The van der Waals surface area contributed by atoms with Crippen LogP contribution in [0.2, 0.25) is 0 Å². The highest BCUT2D eigenvalue weighted by atomic mass is 32.2. The number of rotatable bonds is 6. The van der Waals surface area contributed by atoms with Crippen molar-refractivity contribution in [2.75, 3.05) is 42.9 Å². The Morgan fingerprint density at radius 2 is 1.56 bits per heavy atom. The van der Waals surface area contributed by atoms with Crippen molar-refractivity contribution in [3.05, 3.63) is 72.6 Å². The number of hydrogen-bond donors (Lipinski definition) is 1. The molecule has 0 atom stereocenters. The Balaban J connectivity index is 1.37. The van der Waals surface area contributed by atoms with Crippen LogP contribution in [-0.2, 0) is 10.0 Å². The SMILES string of the molecule is COc1ccc(C(=O)N2CCN(c3ccc(S(=O)(=O)Nc4ncccn4)cc3)CC2)cc1. The van der Waals surface area contributed by atoms with E-state index in [1.54, 1.807) is 61.7 Å². The Labute approximate surface area is 186 Å². The average molecular weight is 454 g/mol. The third-order valence-corrected chi connectivity index (χ3v) is 6.55. The summed E-state index contributed by atoms with van der Waals surface area (Å²) in [6.45, 7) is 2.48. The Morgan fingerprint density at radius 3 is 2.16 bits per heavy atom. The molecule has 9 nitrogen and oxygen atoms in total. The number of carbonyl (C=O) groups is 1. The molecule has 0 spiro atoms. The smallest absolute Gasteiger partial charge is 0.264 e. The van der Waals surface area contributed by atoms with Crippen LogP contribution in [0.15, 0.2) is 71.9 Å². The average Bonchev–Trinajstić information content (AvgIpc) is 2.84. The van der Waals surface area contributed by atoms with Gasteiger partial charge in [-0.3, -0.25) is 4.79 Å². The number of hydrogen-bond acceptors (Lipinski definition) is 7. The van der Waals surface area contributed by atoms with Crippen LogP contribution in [0, 0.1) is 0 Å². The predicted octanol–water partition coefficient (Wildman–Crippen LogP) is 2.25. The molecule has 1 saturated heterocycles. The molecule has 0 aliphatic carbocycles. The summed E-state index contributed by atoms with van der Waals surface area (Å²) < 4.78 is 32.5. The second kappa shape index (κ2) is 9.23. The quantitative estimate of drug-likeness (QED) is 0.610. The van der Waals surface area contributed by atoms with Crippen molar-refractivity contribution in [2.45, 2.75) is 4.90 Å². The third kappa shape index (κ3) is 4.80. The van der Waals surface area contributed by atoms with E-state index in [1.807, 2.05) is 4.90 Å². The summed E-state index contributed by atoms with van der Waals surface area (Å²) in [7, 11) is -2.18. The van der Waals surface area contributed by atoms with Crippen LogP contribution in [0.25, 0.3) is 0 Å². The fraction of sp³-hybridized carbons (Fsp3) is 0.227. The second-order valence-electron chi connectivity index (χ2n) is 7.18. The molecule has 10 heteroatoms. The van der Waals surface area contributed by atoms with Gasteiger partial charge in [0.15, 0.2) is 0 Å². The maximum atomic E-state index is 12.7. The lowest BCUT2D eigenvalue weighted by Crippen LogP contribution is -2.48. The van der Waals surface area contributed by atoms with E-state index in [9.17, 15) is 13.2 Å². The molecule has 1 fully saturated rings. The Morgan fingerprint density at radius 1 is 0.938 bits per heavy atom. The Hall–Kier alpha value is -3.66. The van der Waals surface area contributed by atoms with E-state index < -0.39 is 10.0 Å². The minimum atomic E-state index is -3.77. The van der Waals surface area contributed by atoms with Gasteiger partial charge >= 0.3 is 0 Å². The number of anilines is 2. The van der Waals surface area contributed by atoms with Crippen molar-refractivity contribution < 1.29 is 17.9 Å². The fourth-order valence-electron chi connectivity index (χ4n) is 3.45. The molecule has 32 heavy (non-hydrogen) atoms. The summed E-state index contributed by atoms with van der Waals surface area (Å²) in [6, 6.07) is 15.3. The van der Waals surface area contributed by atoms with E-state index in [0.717, 1.165) is 5.69 Å². The highest BCUT2D eigenvalue weighted by Crippen LogP contribution is 2.21. The number of piperazine rings is 1. The molecule has 0 radical (unpaired) electrons. The standard InChI is InChI=1S/C22H23N5O4S/c1-31-19-7-3-17(4-8-19)21(28)27-15-13-26(14-16-27)18-5-9-20(10-6-18)32(29,30)25-22-23-11-2-12-24-22/h2-12H,13-16H2,1H3,(H,23,24,25). The van der Waals surface area contributed by atoms with E-state index in [2.05, 4.69) is 19.6 Å². The highest BCUT2D eigenvalue weighted by Gasteiger charge is 2.23. The number of ether oxygens (including phenoxy) is 1. The second-order valence-corrected chi connectivity index (χ2v) is 8.86. The number of sulfonamides is 1. The first kappa shape index (κ1) is 21.6. The van der Waals surface area contributed by atoms with Crippen molar-refractivity contribution >= 4 is 27.6 Å². The van der Waals surface area contributed by atoms with Gasteiger partial charge in [-0.15, -0.1) is 0 Å². The van der Waals surface area contributed by atoms with E-state index in [-0.39, 0.29) is 16.8 Å². The molecule has 4 rings (SSSR count). The molecular formula is C22H23N5O4S. The van der Waals surface area contributed by atoms with Crippen LogP contribution in [-0.4, -0.2) is 62.5 Å². The normalized spacial score (nSPS) is 14.2. The van der Waals surface area contributed by atoms with Gasteiger partial charge in [0.25, 0.3) is 15.9 Å². The lowest BCUT2D eigenvalue weighted by atomic mass is 10.1. The molecule has 166 valence electrons. The maximum Gasteiger partial charge on any atom is 0.264 e. The van der Waals surface area contributed by atoms with Crippen molar-refractivity contribution in [3.63, 3.8) is 0 Å². The van der Waals surface area contributed by atoms with Gasteiger partial charge in [0, 0.05) is 49.8 Å². The van der Waals surface area contributed by atoms with Gasteiger partial charge in [0.1, 0.15) is 5.75 Å². The zero-order valence-corrected chi connectivity index (χ0v) is 18.3. The minimum absolute atomic E-state index is 0.0112. The van der Waals surface area contributed by atoms with Crippen molar-refractivity contribution in [2.24, 2.45) is 0 Å². The number of benzene rings is 2. The van der Waals surface area contributed by atoms with Crippen molar-refractivity contribution in [3.8, 4) is 5.75 Å². The first-order valence-corrected chi connectivity index (χ1v) is 11.5. The predicted molar refractivity (Wildman–Crippen MR) is 120 cm³/mol. The highest BCUT2D eigenvalue weighted by molar-refractivity contribution is 7.92. The molecule has 1 N–H and O–H groups in total. The lowest BCUT2D eigenvalue weighted by Gasteiger charge is -2.36. The fourth-order valence-corrected chi connectivity index (χ4v) is 4.41. The number of methoxy groups -OCH3 is 1. The molecular weight excluding hydrogens is 430 g/mol. The summed E-state index contributed by atoms with van der Waals surface area (Å²) in [5.74, 6) is 0.723. The Bertz CT molecular complexity index is 1160. The molecule has 0 unspecified atom stereocenters. The zero-order chi connectivity index (χ0) is 22.6. The number of nitrogens with zero attached hydrogens (tertiary/aromatic N) is 4. The number of amides is 1. The van der Waals surface area contributed by atoms with Crippen LogP contribution in [0.4, 0.5) is 11.6 Å². The van der Waals surface area contributed by atoms with E-state index in [4.69, 9.17) is 4.74 Å². The number of nitrogens with one attached hydrogen (secondary N) is 1. The minimum Gasteiger partial charge on any atom is -0.497 e. The van der Waals surface area contributed by atoms with E-state index in [1.165, 1.54) is 12.4 Å². The number of carbonyl (C=O) groups excluding carboxylic acids is 1. The molecule has 2 heterocycles. The van der Waals surface area contributed by atoms with Gasteiger partial charge in [-0.2, -0.15) is 0 Å². The molecule has 0 saturated carbocycles. The van der Waals surface area contributed by atoms with Crippen LogP contribution < -0.4 is 14.4 Å². The van der Waals surface area contributed by atoms with Crippen LogP contribution in [0.3, 0.4) is 0 Å². The zero-order valence-electron chi connectivity index (χ0n) is 17.5. The summed E-state index contributed by atoms with van der Waals surface area (Å²) in [5.41, 5.74) is 1.53. The largest absolute Gasteiger partial charge is 0.497 e. The van der Waals surface area contributed by atoms with Crippen LogP contribution in [0.5, 0.6) is 5.75 Å². The lowest BCUT2D eigenvalue weighted by molar-refractivity contribution is 0.0746. The summed E-state index contributed by atoms with van der Waals surface area (Å²) >= 11 is 0. The van der Waals surface area contributed by atoms with Gasteiger partial charge in [-0.1, -0.05) is 0 Å². The van der Waals surface area contributed by atoms with Gasteiger partial charge in [-0.25, -0.2) is 23.1 Å². The third-order valence-electron chi connectivity index (χ3n) is 5.21. The molecule has 1 aliphatic heterocycles. The van der Waals surface area contributed by atoms with Crippen LogP contribution >= 0.6 is 0 Å². The number of aromatic nitrogens is 2. The van der Waals surface area contributed by atoms with E-state index in [0.29, 0.717) is 37.5 Å². The topological polar surface area (TPSA) is 105 Å². The summed E-state index contributed by atoms with van der Waals surface area (Å²) in [6.07, 6.45) is 2.93.